The normalized spacial score (nSPS) is 23.4. The maximum atomic E-state index is 12.8. The zero-order valence-electron chi connectivity index (χ0n) is 12.4. The highest BCUT2D eigenvalue weighted by molar-refractivity contribution is 5.83. The van der Waals surface area contributed by atoms with E-state index in [0.29, 0.717) is 24.7 Å². The van der Waals surface area contributed by atoms with Crippen molar-refractivity contribution in [1.29, 1.82) is 0 Å². The predicted molar refractivity (Wildman–Crippen MR) is 77.3 cm³/mol. The summed E-state index contributed by atoms with van der Waals surface area (Å²) < 4.78 is 10.9. The quantitative estimate of drug-likeness (QED) is 0.849. The Labute approximate surface area is 128 Å². The van der Waals surface area contributed by atoms with E-state index in [1.54, 1.807) is 6.92 Å². The number of para-hydroxylation sites is 1. The van der Waals surface area contributed by atoms with Crippen LogP contribution in [0, 0.1) is 6.92 Å². The molecule has 1 fully saturated rings. The van der Waals surface area contributed by atoms with E-state index in [0.717, 1.165) is 24.2 Å². The van der Waals surface area contributed by atoms with Crippen molar-refractivity contribution in [2.45, 2.75) is 38.3 Å². The Morgan fingerprint density at radius 2 is 2.23 bits per heavy atom. The number of benzene rings is 1. The molecule has 2 aliphatic rings. The molecule has 22 heavy (non-hydrogen) atoms. The minimum absolute atomic E-state index is 0.0150. The van der Waals surface area contributed by atoms with Gasteiger partial charge in [-0.25, -0.2) is 0 Å². The molecule has 114 valence electrons. The Bertz CT molecular complexity index is 687. The second-order valence-electron chi connectivity index (χ2n) is 5.78. The van der Waals surface area contributed by atoms with Gasteiger partial charge in [-0.1, -0.05) is 23.4 Å². The van der Waals surface area contributed by atoms with Gasteiger partial charge in [0.15, 0.2) is 11.9 Å². The van der Waals surface area contributed by atoms with Gasteiger partial charge in [0.05, 0.1) is 6.04 Å². The molecule has 6 nitrogen and oxygen atoms in total. The molecular weight excluding hydrogens is 282 g/mol. The van der Waals surface area contributed by atoms with Gasteiger partial charge in [0.2, 0.25) is 5.89 Å². The van der Waals surface area contributed by atoms with Crippen LogP contribution in [0.25, 0.3) is 0 Å². The summed E-state index contributed by atoms with van der Waals surface area (Å²) in [6.07, 6.45) is 2.00. The maximum Gasteiger partial charge on any atom is 0.264 e. The SMILES string of the molecule is Cc1nc([C@@H]2CCCN2C(=O)[C@@H]2Cc3ccccc3O2)no1. The van der Waals surface area contributed by atoms with Crippen LogP contribution < -0.4 is 4.74 Å². The van der Waals surface area contributed by atoms with Gasteiger partial charge < -0.3 is 14.2 Å². The van der Waals surface area contributed by atoms with E-state index >= 15 is 0 Å². The molecule has 6 heteroatoms. The van der Waals surface area contributed by atoms with Crippen molar-refractivity contribution in [1.82, 2.24) is 15.0 Å². The number of ether oxygens (including phenoxy) is 1. The first-order valence-electron chi connectivity index (χ1n) is 7.57. The number of hydrogen-bond acceptors (Lipinski definition) is 5. The van der Waals surface area contributed by atoms with Crippen molar-refractivity contribution in [2.24, 2.45) is 0 Å². The third-order valence-electron chi connectivity index (χ3n) is 4.30. The van der Waals surface area contributed by atoms with Gasteiger partial charge in [-0.3, -0.25) is 4.79 Å². The fraction of sp³-hybridized carbons (Fsp3) is 0.438. The van der Waals surface area contributed by atoms with Crippen LogP contribution in [0.4, 0.5) is 0 Å². The lowest BCUT2D eigenvalue weighted by molar-refractivity contribution is -0.139. The monoisotopic (exact) mass is 299 g/mol. The Morgan fingerprint density at radius 1 is 1.36 bits per heavy atom. The molecule has 1 amide bonds. The Balaban J connectivity index is 1.53. The van der Waals surface area contributed by atoms with E-state index in [1.165, 1.54) is 0 Å². The summed E-state index contributed by atoms with van der Waals surface area (Å²) in [7, 11) is 0. The van der Waals surface area contributed by atoms with Crippen LogP contribution in [0.1, 0.15) is 36.2 Å². The van der Waals surface area contributed by atoms with E-state index < -0.39 is 6.10 Å². The van der Waals surface area contributed by atoms with Crippen molar-refractivity contribution < 1.29 is 14.1 Å². The lowest BCUT2D eigenvalue weighted by atomic mass is 10.1. The molecule has 2 aliphatic heterocycles. The zero-order chi connectivity index (χ0) is 15.1. The molecular formula is C16H17N3O3. The molecule has 0 radical (unpaired) electrons. The summed E-state index contributed by atoms with van der Waals surface area (Å²) in [6, 6.07) is 7.71. The van der Waals surface area contributed by atoms with Gasteiger partial charge in [0.1, 0.15) is 5.75 Å². The third kappa shape index (κ3) is 2.15. The molecule has 3 heterocycles. The number of hydrogen-bond donors (Lipinski definition) is 0. The van der Waals surface area contributed by atoms with Crippen molar-refractivity contribution >= 4 is 5.91 Å². The highest BCUT2D eigenvalue weighted by Gasteiger charge is 2.39. The number of fused-ring (bicyclic) bond motifs is 1. The summed E-state index contributed by atoms with van der Waals surface area (Å²) in [6.45, 7) is 2.47. The van der Waals surface area contributed by atoms with Gasteiger partial charge in [0.25, 0.3) is 5.91 Å². The molecule has 2 atom stereocenters. The molecule has 1 saturated heterocycles. The van der Waals surface area contributed by atoms with E-state index in [9.17, 15) is 4.79 Å². The third-order valence-corrected chi connectivity index (χ3v) is 4.30. The van der Waals surface area contributed by atoms with Gasteiger partial charge in [0, 0.05) is 19.9 Å². The summed E-state index contributed by atoms with van der Waals surface area (Å²) >= 11 is 0. The molecule has 0 aliphatic carbocycles. The molecule has 0 unspecified atom stereocenters. The van der Waals surface area contributed by atoms with E-state index in [1.807, 2.05) is 29.2 Å². The lowest BCUT2D eigenvalue weighted by Gasteiger charge is -2.25. The summed E-state index contributed by atoms with van der Waals surface area (Å²) in [5.41, 5.74) is 1.09. The lowest BCUT2D eigenvalue weighted by Crippen LogP contribution is -2.41. The van der Waals surface area contributed by atoms with Crippen LogP contribution in [0.3, 0.4) is 0 Å². The number of carbonyl (C=O) groups excluding carboxylic acids is 1. The standard InChI is InChI=1S/C16H17N3O3/c1-10-17-15(18-22-10)12-6-4-8-19(12)16(20)14-9-11-5-2-3-7-13(11)21-14/h2-3,5,7,12,14H,4,6,8-9H2,1H3/t12-,14-/m0/s1. The maximum absolute atomic E-state index is 12.8. The fourth-order valence-electron chi connectivity index (χ4n) is 3.25. The fourth-order valence-corrected chi connectivity index (χ4v) is 3.25. The molecule has 0 saturated carbocycles. The van der Waals surface area contributed by atoms with E-state index in [-0.39, 0.29) is 11.9 Å². The van der Waals surface area contributed by atoms with Crippen LogP contribution in [0.15, 0.2) is 28.8 Å². The molecule has 1 aromatic carbocycles. The molecule has 0 bridgehead atoms. The van der Waals surface area contributed by atoms with E-state index in [4.69, 9.17) is 9.26 Å². The molecule has 0 spiro atoms. The van der Waals surface area contributed by atoms with Gasteiger partial charge >= 0.3 is 0 Å². The smallest absolute Gasteiger partial charge is 0.264 e. The molecule has 0 N–H and O–H groups in total. The van der Waals surface area contributed by atoms with Gasteiger partial charge in [-0.05, 0) is 24.5 Å². The Morgan fingerprint density at radius 3 is 3.00 bits per heavy atom. The largest absolute Gasteiger partial charge is 0.480 e. The van der Waals surface area contributed by atoms with Crippen LogP contribution in [-0.2, 0) is 11.2 Å². The van der Waals surface area contributed by atoms with Crippen molar-refractivity contribution in [2.75, 3.05) is 6.54 Å². The average molecular weight is 299 g/mol. The second-order valence-corrected chi connectivity index (χ2v) is 5.78. The molecule has 1 aromatic heterocycles. The average Bonchev–Trinajstić information content (AvgIpc) is 3.24. The number of aryl methyl sites for hydroxylation is 1. The summed E-state index contributed by atoms with van der Waals surface area (Å²) in [4.78, 5) is 18.9. The molecule has 2 aromatic rings. The number of amides is 1. The van der Waals surface area contributed by atoms with Crippen LogP contribution in [0.5, 0.6) is 5.75 Å². The zero-order valence-corrected chi connectivity index (χ0v) is 12.4. The minimum atomic E-state index is -0.439. The first kappa shape index (κ1) is 13.3. The number of carbonyl (C=O) groups is 1. The Hall–Kier alpha value is -2.37. The number of nitrogens with zero attached hydrogens (tertiary/aromatic N) is 3. The predicted octanol–water partition coefficient (Wildman–Crippen LogP) is 2.05. The van der Waals surface area contributed by atoms with Gasteiger partial charge in [-0.2, -0.15) is 4.98 Å². The highest BCUT2D eigenvalue weighted by Crippen LogP contribution is 2.34. The number of rotatable bonds is 2. The number of likely N-dealkylation sites (tertiary alicyclic amines) is 1. The van der Waals surface area contributed by atoms with Gasteiger partial charge in [-0.15, -0.1) is 0 Å². The summed E-state index contributed by atoms with van der Waals surface area (Å²) in [5.74, 6) is 1.95. The number of aromatic nitrogens is 2. The molecule has 4 rings (SSSR count). The topological polar surface area (TPSA) is 68.5 Å². The summed E-state index contributed by atoms with van der Waals surface area (Å²) in [5, 5.41) is 3.98. The first-order valence-corrected chi connectivity index (χ1v) is 7.57. The van der Waals surface area contributed by atoms with E-state index in [2.05, 4.69) is 10.1 Å². The van der Waals surface area contributed by atoms with Crippen molar-refractivity contribution in [3.63, 3.8) is 0 Å². The minimum Gasteiger partial charge on any atom is -0.480 e. The van der Waals surface area contributed by atoms with Crippen LogP contribution >= 0.6 is 0 Å². The second kappa shape index (κ2) is 5.12. The Kier molecular flexibility index (Phi) is 3.10. The van der Waals surface area contributed by atoms with Crippen LogP contribution in [-0.4, -0.2) is 33.6 Å². The van der Waals surface area contributed by atoms with Crippen molar-refractivity contribution in [3.05, 3.63) is 41.5 Å². The van der Waals surface area contributed by atoms with Crippen molar-refractivity contribution in [3.8, 4) is 5.75 Å². The van der Waals surface area contributed by atoms with Crippen LogP contribution in [0.2, 0.25) is 0 Å². The highest BCUT2D eigenvalue weighted by atomic mass is 16.5. The first-order chi connectivity index (χ1) is 10.7.